The Morgan fingerprint density at radius 3 is 2.49 bits per heavy atom. The van der Waals surface area contributed by atoms with E-state index in [0.29, 0.717) is 33.4 Å². The maximum absolute atomic E-state index is 14.0. The summed E-state index contributed by atoms with van der Waals surface area (Å²) in [6, 6.07) is 20.6. The molecule has 1 heterocycles. The second kappa shape index (κ2) is 11.0. The molecular formula is C27H25FN2O4S. The van der Waals surface area contributed by atoms with Gasteiger partial charge in [0, 0.05) is 5.56 Å². The van der Waals surface area contributed by atoms with Crippen LogP contribution in [0.5, 0.6) is 11.5 Å². The van der Waals surface area contributed by atoms with E-state index in [2.05, 4.69) is 10.6 Å². The molecule has 1 aliphatic rings. The molecule has 0 spiro atoms. The van der Waals surface area contributed by atoms with Crippen LogP contribution in [0.25, 0.3) is 5.70 Å². The molecule has 0 amide bonds. The average molecular weight is 493 g/mol. The Hall–Kier alpha value is -3.91. The smallest absolute Gasteiger partial charge is 0.338 e. The molecule has 0 saturated carbocycles. The number of hydrogen-bond acceptors (Lipinski definition) is 5. The zero-order valence-corrected chi connectivity index (χ0v) is 20.2. The van der Waals surface area contributed by atoms with E-state index in [4.69, 9.17) is 26.4 Å². The Morgan fingerprint density at radius 2 is 1.77 bits per heavy atom. The SMILES string of the molecule is CCOC(=O)C1=C(c2ccccc2)NC(=S)NC1c1ccc(OCc2ccccc2F)c(OC)c1. The lowest BCUT2D eigenvalue weighted by Gasteiger charge is -2.31. The number of esters is 1. The van der Waals surface area contributed by atoms with Gasteiger partial charge in [0.1, 0.15) is 12.4 Å². The predicted molar refractivity (Wildman–Crippen MR) is 135 cm³/mol. The zero-order chi connectivity index (χ0) is 24.8. The van der Waals surface area contributed by atoms with Crippen molar-refractivity contribution in [3.8, 4) is 11.5 Å². The molecular weight excluding hydrogens is 467 g/mol. The fraction of sp³-hybridized carbons (Fsp3) is 0.185. The Morgan fingerprint density at radius 1 is 1.03 bits per heavy atom. The molecule has 0 bridgehead atoms. The third-order valence-electron chi connectivity index (χ3n) is 5.49. The fourth-order valence-corrected chi connectivity index (χ4v) is 4.05. The molecule has 0 radical (unpaired) electrons. The van der Waals surface area contributed by atoms with E-state index in [1.807, 2.05) is 36.4 Å². The van der Waals surface area contributed by atoms with Crippen molar-refractivity contribution in [2.45, 2.75) is 19.6 Å². The van der Waals surface area contributed by atoms with Gasteiger partial charge in [0.05, 0.1) is 31.0 Å². The van der Waals surface area contributed by atoms with Gasteiger partial charge >= 0.3 is 5.97 Å². The lowest BCUT2D eigenvalue weighted by atomic mass is 9.92. The topological polar surface area (TPSA) is 68.8 Å². The van der Waals surface area contributed by atoms with Crippen molar-refractivity contribution < 1.29 is 23.4 Å². The predicted octanol–water partition coefficient (Wildman–Crippen LogP) is 4.91. The van der Waals surface area contributed by atoms with Crippen molar-refractivity contribution in [3.05, 3.63) is 101 Å². The largest absolute Gasteiger partial charge is 0.493 e. The number of halogens is 1. The highest BCUT2D eigenvalue weighted by Crippen LogP contribution is 2.36. The number of ether oxygens (including phenoxy) is 3. The lowest BCUT2D eigenvalue weighted by Crippen LogP contribution is -2.45. The lowest BCUT2D eigenvalue weighted by molar-refractivity contribution is -0.138. The Labute approximate surface area is 208 Å². The van der Waals surface area contributed by atoms with Gasteiger partial charge in [-0.1, -0.05) is 54.6 Å². The molecule has 0 aliphatic carbocycles. The van der Waals surface area contributed by atoms with Crippen LogP contribution in [0.15, 0.2) is 78.4 Å². The third kappa shape index (κ3) is 5.44. The van der Waals surface area contributed by atoms with Crippen LogP contribution in [0.1, 0.15) is 29.7 Å². The minimum Gasteiger partial charge on any atom is -0.493 e. The number of rotatable bonds is 8. The molecule has 1 unspecified atom stereocenters. The van der Waals surface area contributed by atoms with Crippen LogP contribution in [0.2, 0.25) is 0 Å². The Balaban J connectivity index is 1.71. The van der Waals surface area contributed by atoms with Gasteiger partial charge in [-0.15, -0.1) is 0 Å². The number of nitrogens with one attached hydrogen (secondary N) is 2. The van der Waals surface area contributed by atoms with Gasteiger partial charge in [0.2, 0.25) is 0 Å². The summed E-state index contributed by atoms with van der Waals surface area (Å²) in [5, 5.41) is 6.66. The number of hydrogen-bond donors (Lipinski definition) is 2. The van der Waals surface area contributed by atoms with Crippen LogP contribution in [0, 0.1) is 5.82 Å². The minimum atomic E-state index is -0.590. The third-order valence-corrected chi connectivity index (χ3v) is 5.71. The standard InChI is InChI=1S/C27H25FN2O4S/c1-3-33-26(31)23-24(17-9-5-4-6-10-17)29-27(35)30-25(23)18-13-14-21(22(15-18)32-2)34-16-19-11-7-8-12-20(19)28/h4-15,25H,3,16H2,1-2H3,(H2,29,30,35). The molecule has 8 heteroatoms. The number of methoxy groups -OCH3 is 1. The monoisotopic (exact) mass is 492 g/mol. The molecule has 0 fully saturated rings. The van der Waals surface area contributed by atoms with E-state index in [1.165, 1.54) is 13.2 Å². The summed E-state index contributed by atoms with van der Waals surface area (Å²) in [5.74, 6) is 0.0846. The molecule has 3 aromatic carbocycles. The van der Waals surface area contributed by atoms with Gasteiger partial charge in [-0.25, -0.2) is 9.18 Å². The van der Waals surface area contributed by atoms with Gasteiger partial charge in [-0.3, -0.25) is 0 Å². The van der Waals surface area contributed by atoms with Gasteiger partial charge in [0.25, 0.3) is 0 Å². The average Bonchev–Trinajstić information content (AvgIpc) is 2.88. The van der Waals surface area contributed by atoms with E-state index in [0.717, 1.165) is 11.1 Å². The van der Waals surface area contributed by atoms with Gasteiger partial charge in [-0.2, -0.15) is 0 Å². The fourth-order valence-electron chi connectivity index (χ4n) is 3.83. The summed E-state index contributed by atoms with van der Waals surface area (Å²) < 4.78 is 30.8. The molecule has 180 valence electrons. The van der Waals surface area contributed by atoms with E-state index in [1.54, 1.807) is 37.3 Å². The molecule has 3 aromatic rings. The van der Waals surface area contributed by atoms with Crippen molar-refractivity contribution in [2.75, 3.05) is 13.7 Å². The zero-order valence-electron chi connectivity index (χ0n) is 19.3. The summed E-state index contributed by atoms with van der Waals surface area (Å²) in [6.07, 6.45) is 0. The normalized spacial score (nSPS) is 15.2. The molecule has 1 atom stereocenters. The van der Waals surface area contributed by atoms with E-state index in [9.17, 15) is 9.18 Å². The van der Waals surface area contributed by atoms with Gasteiger partial charge < -0.3 is 24.8 Å². The maximum atomic E-state index is 14.0. The molecule has 1 aliphatic heterocycles. The van der Waals surface area contributed by atoms with Crippen molar-refractivity contribution in [2.24, 2.45) is 0 Å². The Bertz CT molecular complexity index is 1260. The first-order valence-corrected chi connectivity index (χ1v) is 11.5. The highest BCUT2D eigenvalue weighted by Gasteiger charge is 2.33. The maximum Gasteiger partial charge on any atom is 0.338 e. The second-order valence-electron chi connectivity index (χ2n) is 7.70. The van der Waals surface area contributed by atoms with Crippen LogP contribution < -0.4 is 20.1 Å². The van der Waals surface area contributed by atoms with Gasteiger partial charge in [0.15, 0.2) is 16.6 Å². The van der Waals surface area contributed by atoms with Crippen molar-refractivity contribution in [1.82, 2.24) is 10.6 Å². The minimum absolute atomic E-state index is 0.0458. The van der Waals surface area contributed by atoms with Crippen LogP contribution in [-0.2, 0) is 16.1 Å². The van der Waals surface area contributed by atoms with Crippen LogP contribution in [0.4, 0.5) is 4.39 Å². The first-order chi connectivity index (χ1) is 17.0. The molecule has 0 aromatic heterocycles. The van der Waals surface area contributed by atoms with Crippen LogP contribution in [0.3, 0.4) is 0 Å². The molecule has 35 heavy (non-hydrogen) atoms. The summed E-state index contributed by atoms with van der Waals surface area (Å²) in [4.78, 5) is 13.1. The van der Waals surface area contributed by atoms with Crippen LogP contribution >= 0.6 is 12.2 Å². The first kappa shape index (κ1) is 24.2. The Kier molecular flexibility index (Phi) is 7.62. The summed E-state index contributed by atoms with van der Waals surface area (Å²) in [6.45, 7) is 2.03. The molecule has 4 rings (SSSR count). The quantitative estimate of drug-likeness (QED) is 0.342. The summed E-state index contributed by atoms with van der Waals surface area (Å²) >= 11 is 5.46. The van der Waals surface area contributed by atoms with E-state index >= 15 is 0 Å². The summed E-state index contributed by atoms with van der Waals surface area (Å²) in [5.41, 5.74) is 2.94. The number of carbonyl (C=O) groups is 1. The highest BCUT2D eigenvalue weighted by molar-refractivity contribution is 7.80. The van der Waals surface area contributed by atoms with E-state index in [-0.39, 0.29) is 19.0 Å². The number of carbonyl (C=O) groups excluding carboxylic acids is 1. The molecule has 0 saturated heterocycles. The molecule has 6 nitrogen and oxygen atoms in total. The first-order valence-electron chi connectivity index (χ1n) is 11.1. The van der Waals surface area contributed by atoms with Gasteiger partial charge in [-0.05, 0) is 48.5 Å². The highest BCUT2D eigenvalue weighted by atomic mass is 32.1. The van der Waals surface area contributed by atoms with E-state index < -0.39 is 12.0 Å². The number of benzene rings is 3. The van der Waals surface area contributed by atoms with Crippen LogP contribution in [-0.4, -0.2) is 24.8 Å². The van der Waals surface area contributed by atoms with Crippen molar-refractivity contribution in [1.29, 1.82) is 0 Å². The van der Waals surface area contributed by atoms with Crippen molar-refractivity contribution >= 4 is 29.0 Å². The van der Waals surface area contributed by atoms with Crippen molar-refractivity contribution in [3.63, 3.8) is 0 Å². The number of thiocarbonyl (C=S) groups is 1. The second-order valence-corrected chi connectivity index (χ2v) is 8.11. The summed E-state index contributed by atoms with van der Waals surface area (Å²) in [7, 11) is 1.52. The molecule has 2 N–H and O–H groups in total.